The highest BCUT2D eigenvalue weighted by molar-refractivity contribution is 5.98. The minimum atomic E-state index is -0.729. The van der Waals surface area contributed by atoms with Crippen LogP contribution in [-0.4, -0.2) is 48.6 Å². The van der Waals surface area contributed by atoms with Gasteiger partial charge in [0.15, 0.2) is 5.78 Å². The van der Waals surface area contributed by atoms with Gasteiger partial charge in [-0.05, 0) is 49.2 Å². The molecule has 0 saturated heterocycles. The van der Waals surface area contributed by atoms with Crippen molar-refractivity contribution >= 4 is 18.2 Å². The number of Topliss-reactive ketones (excluding diaryl/α,β-unsaturated/α-hetero) is 1. The lowest BCUT2D eigenvalue weighted by molar-refractivity contribution is 0.0754. The van der Waals surface area contributed by atoms with E-state index in [0.717, 1.165) is 18.5 Å². The molecule has 0 aliphatic rings. The van der Waals surface area contributed by atoms with Gasteiger partial charge in [0.2, 0.25) is 0 Å². The molecule has 0 amide bonds. The number of ketones is 1. The number of nitrogens with zero attached hydrogens (tertiary/aromatic N) is 1. The monoisotopic (exact) mass is 471 g/mol. The molecule has 4 nitrogen and oxygen atoms in total. The molecule has 0 bridgehead atoms. The molecule has 0 aromatic heterocycles. The van der Waals surface area contributed by atoms with Crippen LogP contribution in [0.1, 0.15) is 27.9 Å². The Bertz CT molecular complexity index is 985. The van der Waals surface area contributed by atoms with Crippen molar-refractivity contribution in [2.24, 2.45) is 0 Å². The van der Waals surface area contributed by atoms with E-state index in [4.69, 9.17) is 4.74 Å². The second-order valence-corrected chi connectivity index (χ2v) is 8.01. The van der Waals surface area contributed by atoms with Crippen LogP contribution in [0, 0.1) is 5.82 Å². The fraction of sp³-hybridized carbons (Fsp3) is 0.296. The molecule has 3 rings (SSSR count). The van der Waals surface area contributed by atoms with E-state index in [2.05, 4.69) is 12.1 Å². The Morgan fingerprint density at radius 2 is 1.58 bits per heavy atom. The summed E-state index contributed by atoms with van der Waals surface area (Å²) in [6.45, 7) is 1.27. The van der Waals surface area contributed by atoms with Gasteiger partial charge in [0.25, 0.3) is 0 Å². The number of aliphatic hydroxyl groups excluding tert-OH is 1. The molecular formula is C27H31ClFNO3. The number of carbonyl (C=O) groups excluding carboxylic acids is 1. The highest BCUT2D eigenvalue weighted by atomic mass is 35.5. The van der Waals surface area contributed by atoms with Crippen molar-refractivity contribution in [3.8, 4) is 5.75 Å². The molecule has 0 fully saturated rings. The molecule has 6 heteroatoms. The smallest absolute Gasteiger partial charge is 0.167 e. The maximum Gasteiger partial charge on any atom is 0.167 e. The maximum atomic E-state index is 13.8. The van der Waals surface area contributed by atoms with Crippen LogP contribution in [0.15, 0.2) is 78.9 Å². The Hall–Kier alpha value is -2.73. The first-order valence-corrected chi connectivity index (χ1v) is 10.9. The summed E-state index contributed by atoms with van der Waals surface area (Å²) in [5.74, 6) is -0.366. The van der Waals surface area contributed by atoms with E-state index in [1.165, 1.54) is 23.8 Å². The van der Waals surface area contributed by atoms with Crippen LogP contribution >= 0.6 is 12.4 Å². The minimum absolute atomic E-state index is 0. The predicted molar refractivity (Wildman–Crippen MR) is 132 cm³/mol. The van der Waals surface area contributed by atoms with Gasteiger partial charge in [0.05, 0.1) is 5.56 Å². The van der Waals surface area contributed by atoms with Crippen molar-refractivity contribution in [3.63, 3.8) is 0 Å². The number of halogens is 2. The third-order valence-electron chi connectivity index (χ3n) is 5.30. The Balaban J connectivity index is 0.00000385. The van der Waals surface area contributed by atoms with Gasteiger partial charge in [-0.2, -0.15) is 0 Å². The zero-order chi connectivity index (χ0) is 22.8. The first-order chi connectivity index (χ1) is 15.5. The third kappa shape index (κ3) is 8.97. The minimum Gasteiger partial charge on any atom is -0.490 e. The van der Waals surface area contributed by atoms with Gasteiger partial charge < -0.3 is 14.7 Å². The summed E-state index contributed by atoms with van der Waals surface area (Å²) >= 11 is 0. The molecule has 1 unspecified atom stereocenters. The Kier molecular flexibility index (Phi) is 11.0. The van der Waals surface area contributed by atoms with E-state index in [-0.39, 0.29) is 36.8 Å². The van der Waals surface area contributed by atoms with E-state index in [0.29, 0.717) is 18.7 Å². The summed E-state index contributed by atoms with van der Waals surface area (Å²) < 4.78 is 19.5. The van der Waals surface area contributed by atoms with Crippen LogP contribution in [-0.2, 0) is 12.8 Å². The van der Waals surface area contributed by atoms with Gasteiger partial charge >= 0.3 is 0 Å². The number of aryl methyl sites for hydroxylation is 1. The molecule has 176 valence electrons. The molecular weight excluding hydrogens is 441 g/mol. The Morgan fingerprint density at radius 1 is 0.970 bits per heavy atom. The van der Waals surface area contributed by atoms with Crippen molar-refractivity contribution < 1.29 is 19.0 Å². The third-order valence-corrected chi connectivity index (χ3v) is 5.30. The van der Waals surface area contributed by atoms with E-state index in [9.17, 15) is 14.3 Å². The maximum absolute atomic E-state index is 13.8. The number of rotatable bonds is 12. The summed E-state index contributed by atoms with van der Waals surface area (Å²) in [6.07, 6.45) is 0.996. The fourth-order valence-corrected chi connectivity index (χ4v) is 3.54. The van der Waals surface area contributed by atoms with Gasteiger partial charge in [0, 0.05) is 19.5 Å². The zero-order valence-electron chi connectivity index (χ0n) is 18.8. The van der Waals surface area contributed by atoms with E-state index in [1.807, 2.05) is 60.5 Å². The molecule has 0 heterocycles. The molecule has 0 aliphatic heterocycles. The average Bonchev–Trinajstić information content (AvgIpc) is 2.81. The number of benzene rings is 3. The van der Waals surface area contributed by atoms with Crippen molar-refractivity contribution in [1.29, 1.82) is 0 Å². The number of hydrogen-bond donors (Lipinski definition) is 1. The predicted octanol–water partition coefficient (Wildman–Crippen LogP) is 4.98. The lowest BCUT2D eigenvalue weighted by Crippen LogP contribution is -2.34. The van der Waals surface area contributed by atoms with Crippen molar-refractivity contribution in [2.45, 2.75) is 25.4 Å². The summed E-state index contributed by atoms with van der Waals surface area (Å²) in [4.78, 5) is 14.8. The number of ether oxygens (including phenoxy) is 1. The molecule has 0 radical (unpaired) electrons. The van der Waals surface area contributed by atoms with Crippen LogP contribution in [0.4, 0.5) is 4.39 Å². The van der Waals surface area contributed by atoms with Crippen molar-refractivity contribution in [1.82, 2.24) is 4.90 Å². The standard InChI is InChI=1S/C27H30FNO3.ClH/c1-29(17-16-22-10-6-3-7-11-22)19-24(30)20-32-27-15-13-23(28)18-25(27)26(31)14-12-21-8-4-2-5-9-21;/h2-11,13,15,18,24,30H,12,14,16-17,19-20H2,1H3;1H. The highest BCUT2D eigenvalue weighted by Gasteiger charge is 2.16. The number of hydrogen-bond acceptors (Lipinski definition) is 4. The average molecular weight is 472 g/mol. The summed E-state index contributed by atoms with van der Waals surface area (Å²) in [5, 5.41) is 10.4. The normalized spacial score (nSPS) is 11.6. The molecule has 0 saturated carbocycles. The van der Waals surface area contributed by atoms with E-state index >= 15 is 0 Å². The van der Waals surface area contributed by atoms with Gasteiger partial charge in [-0.25, -0.2) is 4.39 Å². The first kappa shape index (κ1) is 26.5. The van der Waals surface area contributed by atoms with E-state index in [1.54, 1.807) is 0 Å². The van der Waals surface area contributed by atoms with Crippen molar-refractivity contribution in [2.75, 3.05) is 26.7 Å². The molecule has 3 aromatic carbocycles. The highest BCUT2D eigenvalue weighted by Crippen LogP contribution is 2.22. The molecule has 0 aliphatic carbocycles. The first-order valence-electron chi connectivity index (χ1n) is 10.9. The van der Waals surface area contributed by atoms with Crippen molar-refractivity contribution in [3.05, 3.63) is 101 Å². The van der Waals surface area contributed by atoms with Gasteiger partial charge in [-0.15, -0.1) is 12.4 Å². The Morgan fingerprint density at radius 3 is 2.21 bits per heavy atom. The van der Waals surface area contributed by atoms with Crippen LogP contribution < -0.4 is 4.74 Å². The lowest BCUT2D eigenvalue weighted by atomic mass is 10.0. The fourth-order valence-electron chi connectivity index (χ4n) is 3.54. The molecule has 3 aromatic rings. The van der Waals surface area contributed by atoms with Crippen LogP contribution in [0.5, 0.6) is 5.75 Å². The summed E-state index contributed by atoms with van der Waals surface area (Å²) in [6, 6.07) is 23.8. The number of likely N-dealkylation sites (N-methyl/N-ethyl adjacent to an activating group) is 1. The zero-order valence-corrected chi connectivity index (χ0v) is 19.6. The quantitative estimate of drug-likeness (QED) is 0.378. The summed E-state index contributed by atoms with van der Waals surface area (Å²) in [7, 11) is 1.95. The number of aliphatic hydroxyl groups is 1. The van der Waals surface area contributed by atoms with Crippen LogP contribution in [0.25, 0.3) is 0 Å². The van der Waals surface area contributed by atoms with Crippen LogP contribution in [0.3, 0.4) is 0 Å². The topological polar surface area (TPSA) is 49.8 Å². The van der Waals surface area contributed by atoms with Gasteiger partial charge in [0.1, 0.15) is 24.3 Å². The van der Waals surface area contributed by atoms with Gasteiger partial charge in [-0.1, -0.05) is 60.7 Å². The summed E-state index contributed by atoms with van der Waals surface area (Å²) in [5.41, 5.74) is 2.51. The number of carbonyl (C=O) groups is 1. The molecule has 1 N–H and O–H groups in total. The molecule has 1 atom stereocenters. The largest absolute Gasteiger partial charge is 0.490 e. The van der Waals surface area contributed by atoms with Gasteiger partial charge in [-0.3, -0.25) is 4.79 Å². The second kappa shape index (κ2) is 13.7. The Labute approximate surface area is 201 Å². The SMILES string of the molecule is CN(CCc1ccccc1)CC(O)COc1ccc(F)cc1C(=O)CCc1ccccc1.Cl. The van der Waals surface area contributed by atoms with Crippen LogP contribution in [0.2, 0.25) is 0 Å². The molecule has 33 heavy (non-hydrogen) atoms. The lowest BCUT2D eigenvalue weighted by Gasteiger charge is -2.21. The van der Waals surface area contributed by atoms with E-state index < -0.39 is 11.9 Å². The molecule has 0 spiro atoms. The second-order valence-electron chi connectivity index (χ2n) is 8.01.